The minimum Gasteiger partial charge on any atom is -0.466 e. The van der Waals surface area contributed by atoms with Crippen molar-refractivity contribution in [2.75, 3.05) is 56.1 Å². The maximum absolute atomic E-state index is 13.3. The molecule has 0 aromatic carbocycles. The summed E-state index contributed by atoms with van der Waals surface area (Å²) >= 11 is 3.57. The fraction of sp³-hybridized carbons (Fsp3) is 0.700. The first-order valence-electron chi connectivity index (χ1n) is 16.1. The molecule has 0 saturated heterocycles. The smallest absolute Gasteiger partial charge is 0.306 e. The quantitative estimate of drug-likeness (QED) is 0.0238. The van der Waals surface area contributed by atoms with E-state index in [2.05, 4.69) is 48.6 Å². The third-order valence-electron chi connectivity index (χ3n) is 6.70. The van der Waals surface area contributed by atoms with Crippen molar-refractivity contribution in [2.24, 2.45) is 5.16 Å². The molecular formula is C30H51N7O12S3. The van der Waals surface area contributed by atoms with Crippen LogP contribution in [0.2, 0.25) is 0 Å². The Kier molecular flexibility index (Phi) is 26.0. The molecule has 1 unspecified atom stereocenters. The maximum atomic E-state index is 13.3. The molecule has 52 heavy (non-hydrogen) atoms. The van der Waals surface area contributed by atoms with Crippen molar-refractivity contribution >= 4 is 88.5 Å². The number of aliphatic hydroxyl groups excluding tert-OH is 2. The van der Waals surface area contributed by atoms with Gasteiger partial charge >= 0.3 is 5.97 Å². The molecular weight excluding hydrogens is 747 g/mol. The van der Waals surface area contributed by atoms with Crippen molar-refractivity contribution in [1.82, 2.24) is 31.9 Å². The number of aliphatic hydroxyl groups is 2. The van der Waals surface area contributed by atoms with Crippen LogP contribution in [-0.2, 0) is 47.9 Å². The molecule has 0 aliphatic carbocycles. The summed E-state index contributed by atoms with van der Waals surface area (Å²) in [5.41, 5.74) is 0. The van der Waals surface area contributed by atoms with E-state index in [-0.39, 0.29) is 31.6 Å². The van der Waals surface area contributed by atoms with Crippen LogP contribution in [-0.4, -0.2) is 156 Å². The Morgan fingerprint density at radius 3 is 1.87 bits per heavy atom. The van der Waals surface area contributed by atoms with Gasteiger partial charge in [-0.25, -0.2) is 0 Å². The number of carbonyl (C=O) groups excluding carboxylic acids is 8. The highest BCUT2D eigenvalue weighted by Gasteiger charge is 2.32. The lowest BCUT2D eigenvalue weighted by Gasteiger charge is -2.26. The van der Waals surface area contributed by atoms with Crippen molar-refractivity contribution in [2.45, 2.75) is 76.3 Å². The van der Waals surface area contributed by atoms with Gasteiger partial charge in [-0.1, -0.05) is 11.8 Å². The number of oxime groups is 1. The summed E-state index contributed by atoms with van der Waals surface area (Å²) < 4.78 is 4.79. The van der Waals surface area contributed by atoms with Gasteiger partial charge in [0.1, 0.15) is 30.2 Å². The molecule has 0 saturated carbocycles. The van der Waals surface area contributed by atoms with E-state index in [0.717, 1.165) is 11.8 Å². The second-order valence-electron chi connectivity index (χ2n) is 10.8. The number of hydrogen-bond donors (Lipinski definition) is 8. The van der Waals surface area contributed by atoms with Crippen molar-refractivity contribution < 1.29 is 58.1 Å². The number of ether oxygens (including phenoxy) is 1. The number of hydrogen-bond acceptors (Lipinski definition) is 16. The second-order valence-corrected chi connectivity index (χ2v) is 14.0. The van der Waals surface area contributed by atoms with Crippen molar-refractivity contribution in [1.29, 1.82) is 0 Å². The van der Waals surface area contributed by atoms with Crippen LogP contribution in [0.3, 0.4) is 0 Å². The summed E-state index contributed by atoms with van der Waals surface area (Å²) in [5, 5.41) is 37.1. The molecule has 0 aliphatic heterocycles. The van der Waals surface area contributed by atoms with E-state index in [4.69, 9.17) is 4.74 Å². The zero-order valence-electron chi connectivity index (χ0n) is 29.9. The van der Waals surface area contributed by atoms with E-state index >= 15 is 0 Å². The summed E-state index contributed by atoms with van der Waals surface area (Å²) in [6.07, 6.45) is 2.41. The maximum Gasteiger partial charge on any atom is 0.306 e. The predicted molar refractivity (Wildman–Crippen MR) is 197 cm³/mol. The van der Waals surface area contributed by atoms with Crippen LogP contribution in [0, 0.1) is 0 Å². The van der Waals surface area contributed by atoms with Gasteiger partial charge in [0.15, 0.2) is 6.61 Å². The fourth-order valence-electron chi connectivity index (χ4n) is 3.95. The zero-order valence-corrected chi connectivity index (χ0v) is 32.3. The SMILES string of the molecule is C=NOCC(=O)N[C@@H](CCSC)C(=O)N[C@@H](C)C(=O)N[C@@H](CO)C(=O)N[C@@H](CCSC)C(=O)N[C@H](C(=O)NCC(=O)SCCC(=O)OCC)C(C)O. The highest BCUT2D eigenvalue weighted by molar-refractivity contribution is 8.13. The molecule has 8 N–H and O–H groups in total. The van der Waals surface area contributed by atoms with Crippen LogP contribution < -0.4 is 31.9 Å². The van der Waals surface area contributed by atoms with E-state index in [0.29, 0.717) is 11.5 Å². The van der Waals surface area contributed by atoms with Gasteiger partial charge in [0.25, 0.3) is 5.91 Å². The Hall–Kier alpha value is -3.60. The van der Waals surface area contributed by atoms with E-state index in [9.17, 15) is 48.6 Å². The third-order valence-corrected chi connectivity index (χ3v) is 8.87. The Balaban J connectivity index is 5.44. The minimum absolute atomic E-state index is 0.00421. The molecule has 6 atom stereocenters. The summed E-state index contributed by atoms with van der Waals surface area (Å²) in [6.45, 7) is 5.70. The number of rotatable bonds is 27. The Morgan fingerprint density at radius 2 is 1.33 bits per heavy atom. The number of nitrogens with one attached hydrogen (secondary N) is 6. The van der Waals surface area contributed by atoms with Crippen molar-refractivity contribution in [3.05, 3.63) is 0 Å². The van der Waals surface area contributed by atoms with Crippen LogP contribution in [0.1, 0.15) is 40.0 Å². The molecule has 0 radical (unpaired) electrons. The number of nitrogens with zero attached hydrogens (tertiary/aromatic N) is 1. The first kappa shape index (κ1) is 48.4. The Morgan fingerprint density at radius 1 is 0.769 bits per heavy atom. The molecule has 0 rings (SSSR count). The normalized spacial score (nSPS) is 14.1. The lowest BCUT2D eigenvalue weighted by Crippen LogP contribution is -2.60. The average molecular weight is 798 g/mol. The summed E-state index contributed by atoms with van der Waals surface area (Å²) in [6, 6.07) is -6.61. The minimum atomic E-state index is -1.56. The van der Waals surface area contributed by atoms with Gasteiger partial charge < -0.3 is 51.7 Å². The van der Waals surface area contributed by atoms with Crippen LogP contribution in [0.5, 0.6) is 0 Å². The summed E-state index contributed by atoms with van der Waals surface area (Å²) in [7, 11) is 0. The zero-order chi connectivity index (χ0) is 39.6. The second kappa shape index (κ2) is 28.0. The molecule has 0 fully saturated rings. The highest BCUT2D eigenvalue weighted by atomic mass is 32.2. The lowest BCUT2D eigenvalue weighted by atomic mass is 10.1. The Labute approximate surface area is 315 Å². The van der Waals surface area contributed by atoms with Crippen LogP contribution >= 0.6 is 35.3 Å². The van der Waals surface area contributed by atoms with Crippen molar-refractivity contribution in [3.8, 4) is 0 Å². The molecule has 296 valence electrons. The molecule has 0 heterocycles. The largest absolute Gasteiger partial charge is 0.466 e. The Bertz CT molecular complexity index is 1210. The lowest BCUT2D eigenvalue weighted by molar-refractivity contribution is -0.142. The van der Waals surface area contributed by atoms with Crippen molar-refractivity contribution in [3.63, 3.8) is 0 Å². The predicted octanol–water partition coefficient (Wildman–Crippen LogP) is -2.73. The third kappa shape index (κ3) is 20.4. The first-order valence-corrected chi connectivity index (χ1v) is 19.9. The van der Waals surface area contributed by atoms with Gasteiger partial charge in [-0.05, 0) is 57.6 Å². The summed E-state index contributed by atoms with van der Waals surface area (Å²) in [4.78, 5) is 105. The van der Waals surface area contributed by atoms with Crippen LogP contribution in [0.4, 0.5) is 0 Å². The van der Waals surface area contributed by atoms with Gasteiger partial charge in [-0.3, -0.25) is 38.4 Å². The standard InChI is InChI=1S/C30H51N7O12S3/c1-7-48-23(41)10-13-52-24(42)14-32-30(47)25(18(3)39)37-28(45)20(9-12-51-6)35-29(46)21(15-38)36-26(43)17(2)33-27(44)19(8-11-50-5)34-22(40)16-49-31-4/h17-21,25,38-39H,4,7-16H2,1-3,5-6H3,(H,32,47)(H,33,44)(H,34,40)(H,35,46)(H,36,43)(H,37,45)/t17-,18?,19-,20-,21-,25-/m0/s1. The van der Waals surface area contributed by atoms with E-state index in [1.54, 1.807) is 19.4 Å². The number of thioether (sulfide) groups is 3. The van der Waals surface area contributed by atoms with E-state index in [1.165, 1.54) is 37.4 Å². The molecule has 0 bridgehead atoms. The van der Waals surface area contributed by atoms with Crippen LogP contribution in [0.25, 0.3) is 0 Å². The number of amides is 6. The van der Waals surface area contributed by atoms with E-state index < -0.39 is 103 Å². The average Bonchev–Trinajstić information content (AvgIpc) is 3.10. The topological polar surface area (TPSA) is 280 Å². The summed E-state index contributed by atoms with van der Waals surface area (Å²) in [5.74, 6) is -4.37. The van der Waals surface area contributed by atoms with E-state index in [1.807, 2.05) is 0 Å². The highest BCUT2D eigenvalue weighted by Crippen LogP contribution is 2.07. The number of esters is 1. The molecule has 0 spiro atoms. The van der Waals surface area contributed by atoms with Gasteiger partial charge in [-0.15, -0.1) is 5.16 Å². The molecule has 0 aromatic rings. The van der Waals surface area contributed by atoms with Crippen LogP contribution in [0.15, 0.2) is 5.16 Å². The first-order chi connectivity index (χ1) is 24.6. The molecule has 0 aromatic heterocycles. The fourth-order valence-corrected chi connectivity index (χ4v) is 5.57. The number of carbonyl (C=O) groups is 8. The molecule has 19 nitrogen and oxygen atoms in total. The monoisotopic (exact) mass is 797 g/mol. The molecule has 6 amide bonds. The van der Waals surface area contributed by atoms with Gasteiger partial charge in [0.2, 0.25) is 34.7 Å². The molecule has 0 aliphatic rings. The van der Waals surface area contributed by atoms with Gasteiger partial charge in [0, 0.05) is 12.5 Å². The van der Waals surface area contributed by atoms with Gasteiger partial charge in [0.05, 0.1) is 32.3 Å². The molecule has 22 heteroatoms. The van der Waals surface area contributed by atoms with Gasteiger partial charge in [-0.2, -0.15) is 23.5 Å².